The van der Waals surface area contributed by atoms with Crippen molar-refractivity contribution < 1.29 is 14.3 Å². The van der Waals surface area contributed by atoms with Gasteiger partial charge in [-0.25, -0.2) is 0 Å². The first-order valence-electron chi connectivity index (χ1n) is 8.83. The predicted octanol–water partition coefficient (Wildman–Crippen LogP) is 2.14. The normalized spacial score (nSPS) is 16.5. The Balaban J connectivity index is 2.02. The molecular weight excluding hydrogens is 318 g/mol. The molecule has 1 aliphatic rings. The summed E-state index contributed by atoms with van der Waals surface area (Å²) >= 11 is 0. The highest BCUT2D eigenvalue weighted by Crippen LogP contribution is 2.31. The van der Waals surface area contributed by atoms with Crippen molar-refractivity contribution in [3.05, 3.63) is 29.8 Å². The lowest BCUT2D eigenvalue weighted by Gasteiger charge is -2.34. The molecule has 0 spiro atoms. The van der Waals surface area contributed by atoms with Gasteiger partial charge in [0, 0.05) is 45.0 Å². The number of nitrogens with zero attached hydrogens (tertiary/aromatic N) is 1. The summed E-state index contributed by atoms with van der Waals surface area (Å²) in [5.74, 6) is 0.00961. The lowest BCUT2D eigenvalue weighted by Crippen LogP contribution is -2.46. The Hall–Kier alpha value is -1.92. The van der Waals surface area contributed by atoms with E-state index in [1.807, 2.05) is 38.1 Å². The van der Waals surface area contributed by atoms with Crippen molar-refractivity contribution in [3.63, 3.8) is 0 Å². The number of hydrogen-bond donors (Lipinski definition) is 2. The first-order valence-corrected chi connectivity index (χ1v) is 8.83. The van der Waals surface area contributed by atoms with Gasteiger partial charge in [0.05, 0.1) is 5.41 Å². The molecule has 0 aliphatic carbocycles. The number of rotatable bonds is 6. The fraction of sp³-hybridized carbons (Fsp3) is 0.579. The predicted molar refractivity (Wildman–Crippen MR) is 98.0 cm³/mol. The second kappa shape index (κ2) is 8.45. The molecule has 1 aromatic rings. The highest BCUT2D eigenvalue weighted by atomic mass is 16.5. The first-order chi connectivity index (χ1) is 11.9. The smallest absolute Gasteiger partial charge is 0.232 e. The van der Waals surface area contributed by atoms with Crippen molar-refractivity contribution >= 4 is 17.5 Å². The molecule has 1 aromatic carbocycles. The second-order valence-electron chi connectivity index (χ2n) is 6.99. The molecule has 0 aromatic heterocycles. The van der Waals surface area contributed by atoms with Crippen molar-refractivity contribution in [3.8, 4) is 0 Å². The number of nitrogens with two attached hydrogens (primary N) is 1. The van der Waals surface area contributed by atoms with E-state index in [1.54, 1.807) is 11.8 Å². The van der Waals surface area contributed by atoms with Crippen molar-refractivity contribution in [1.29, 1.82) is 0 Å². The third-order valence-electron chi connectivity index (χ3n) is 4.91. The largest absolute Gasteiger partial charge is 0.381 e. The first kappa shape index (κ1) is 19.4. The van der Waals surface area contributed by atoms with Crippen LogP contribution in [0.15, 0.2) is 24.3 Å². The van der Waals surface area contributed by atoms with Gasteiger partial charge < -0.3 is 20.7 Å². The van der Waals surface area contributed by atoms with Crippen LogP contribution in [0.5, 0.6) is 0 Å². The van der Waals surface area contributed by atoms with Crippen LogP contribution < -0.4 is 11.1 Å². The number of carbonyl (C=O) groups excluding carboxylic acids is 2. The van der Waals surface area contributed by atoms with Crippen molar-refractivity contribution in [2.24, 2.45) is 11.1 Å². The average molecular weight is 347 g/mol. The molecule has 1 saturated heterocycles. The number of amides is 2. The van der Waals surface area contributed by atoms with Crippen LogP contribution in [0, 0.1) is 5.41 Å². The van der Waals surface area contributed by atoms with Crippen LogP contribution in [0.3, 0.4) is 0 Å². The zero-order valence-electron chi connectivity index (χ0n) is 15.4. The molecule has 25 heavy (non-hydrogen) atoms. The Morgan fingerprint density at radius 2 is 1.84 bits per heavy atom. The minimum Gasteiger partial charge on any atom is -0.381 e. The van der Waals surface area contributed by atoms with Gasteiger partial charge in [-0.1, -0.05) is 12.1 Å². The van der Waals surface area contributed by atoms with E-state index >= 15 is 0 Å². The fourth-order valence-corrected chi connectivity index (χ4v) is 3.10. The molecule has 138 valence electrons. The molecule has 6 nitrogen and oxygen atoms in total. The van der Waals surface area contributed by atoms with Crippen molar-refractivity contribution in [2.45, 2.75) is 46.2 Å². The van der Waals surface area contributed by atoms with Gasteiger partial charge in [-0.3, -0.25) is 9.59 Å². The molecule has 0 radical (unpaired) electrons. The zero-order chi connectivity index (χ0) is 18.4. The molecular formula is C19H29N3O3. The van der Waals surface area contributed by atoms with Crippen LogP contribution >= 0.6 is 0 Å². The Morgan fingerprint density at radius 3 is 2.32 bits per heavy atom. The van der Waals surface area contributed by atoms with Gasteiger partial charge in [-0.15, -0.1) is 0 Å². The third-order valence-corrected chi connectivity index (χ3v) is 4.91. The molecule has 6 heteroatoms. The highest BCUT2D eigenvalue weighted by molar-refractivity contribution is 5.95. The standard InChI is InChI=1S/C19H29N3O3/c1-14(2)22(15(3)23)12-16-4-6-17(7-5-16)21-18(24)19(13-20)8-10-25-11-9-19/h4-7,14H,8-13,20H2,1-3H3,(H,21,24). The SMILES string of the molecule is CC(=O)N(Cc1ccc(NC(=O)C2(CN)CCOCC2)cc1)C(C)C. The minimum absolute atomic E-state index is 0.0430. The minimum atomic E-state index is -0.542. The Morgan fingerprint density at radius 1 is 1.24 bits per heavy atom. The van der Waals surface area contributed by atoms with E-state index < -0.39 is 5.41 Å². The topological polar surface area (TPSA) is 84.7 Å². The van der Waals surface area contributed by atoms with E-state index in [0.29, 0.717) is 39.1 Å². The van der Waals surface area contributed by atoms with E-state index in [-0.39, 0.29) is 17.9 Å². The average Bonchev–Trinajstić information content (AvgIpc) is 2.61. The van der Waals surface area contributed by atoms with Crippen LogP contribution in [-0.4, -0.2) is 42.5 Å². The van der Waals surface area contributed by atoms with Gasteiger partial charge in [-0.2, -0.15) is 0 Å². The summed E-state index contributed by atoms with van der Waals surface area (Å²) in [6, 6.07) is 7.76. The molecule has 2 rings (SSSR count). The summed E-state index contributed by atoms with van der Waals surface area (Å²) in [4.78, 5) is 26.2. The maximum atomic E-state index is 12.7. The van der Waals surface area contributed by atoms with E-state index in [1.165, 1.54) is 0 Å². The van der Waals surface area contributed by atoms with E-state index in [0.717, 1.165) is 11.3 Å². The molecule has 0 unspecified atom stereocenters. The quantitative estimate of drug-likeness (QED) is 0.826. The van der Waals surface area contributed by atoms with Gasteiger partial charge in [0.15, 0.2) is 0 Å². The molecule has 0 bridgehead atoms. The van der Waals surface area contributed by atoms with Gasteiger partial charge in [0.1, 0.15) is 0 Å². The maximum absolute atomic E-state index is 12.7. The van der Waals surface area contributed by atoms with Crippen LogP contribution in [0.1, 0.15) is 39.2 Å². The zero-order valence-corrected chi connectivity index (χ0v) is 15.4. The summed E-state index contributed by atoms with van der Waals surface area (Å²) in [5.41, 5.74) is 7.10. The Labute approximate surface area is 149 Å². The summed E-state index contributed by atoms with van der Waals surface area (Å²) in [5, 5.41) is 2.97. The van der Waals surface area contributed by atoms with Crippen LogP contribution in [-0.2, 0) is 20.9 Å². The van der Waals surface area contributed by atoms with E-state index in [4.69, 9.17) is 10.5 Å². The molecule has 0 atom stereocenters. The molecule has 1 aliphatic heterocycles. The number of ether oxygens (including phenoxy) is 1. The van der Waals surface area contributed by atoms with Gasteiger partial charge >= 0.3 is 0 Å². The van der Waals surface area contributed by atoms with Crippen LogP contribution in [0.4, 0.5) is 5.69 Å². The summed E-state index contributed by atoms with van der Waals surface area (Å²) in [7, 11) is 0. The highest BCUT2D eigenvalue weighted by Gasteiger charge is 2.38. The molecule has 3 N–H and O–H groups in total. The summed E-state index contributed by atoms with van der Waals surface area (Å²) < 4.78 is 5.35. The Bertz CT molecular complexity index is 592. The number of carbonyl (C=O) groups is 2. The van der Waals surface area contributed by atoms with Gasteiger partial charge in [0.25, 0.3) is 0 Å². The van der Waals surface area contributed by atoms with Crippen LogP contribution in [0.25, 0.3) is 0 Å². The fourth-order valence-electron chi connectivity index (χ4n) is 3.10. The lowest BCUT2D eigenvalue weighted by molar-refractivity contribution is -0.131. The van der Waals surface area contributed by atoms with Crippen molar-refractivity contribution in [2.75, 3.05) is 25.1 Å². The number of benzene rings is 1. The number of nitrogens with one attached hydrogen (secondary N) is 1. The van der Waals surface area contributed by atoms with E-state index in [9.17, 15) is 9.59 Å². The molecule has 0 saturated carbocycles. The van der Waals surface area contributed by atoms with Crippen LogP contribution in [0.2, 0.25) is 0 Å². The molecule has 1 heterocycles. The van der Waals surface area contributed by atoms with Gasteiger partial charge in [0.2, 0.25) is 11.8 Å². The summed E-state index contributed by atoms with van der Waals surface area (Å²) in [6.07, 6.45) is 1.30. The lowest BCUT2D eigenvalue weighted by atomic mass is 9.79. The summed E-state index contributed by atoms with van der Waals surface area (Å²) in [6.45, 7) is 7.59. The van der Waals surface area contributed by atoms with Crippen molar-refractivity contribution in [1.82, 2.24) is 4.90 Å². The Kier molecular flexibility index (Phi) is 6.56. The third kappa shape index (κ3) is 4.80. The second-order valence-corrected chi connectivity index (χ2v) is 6.99. The van der Waals surface area contributed by atoms with E-state index in [2.05, 4.69) is 5.32 Å². The monoisotopic (exact) mass is 347 g/mol. The number of hydrogen-bond acceptors (Lipinski definition) is 4. The molecule has 2 amide bonds. The molecule has 1 fully saturated rings. The van der Waals surface area contributed by atoms with Gasteiger partial charge in [-0.05, 0) is 44.4 Å². The maximum Gasteiger partial charge on any atom is 0.232 e. The number of anilines is 1.